The Bertz CT molecular complexity index is 676. The normalized spacial score (nSPS) is 10.9. The maximum absolute atomic E-state index is 6.06. The summed E-state index contributed by atoms with van der Waals surface area (Å²) < 4.78 is 1.72. The molecule has 0 aliphatic rings. The molecule has 0 radical (unpaired) electrons. The molecule has 0 aromatic carbocycles. The second-order valence-corrected chi connectivity index (χ2v) is 5.67. The molecule has 0 amide bonds. The molecule has 0 saturated heterocycles. The van der Waals surface area contributed by atoms with Crippen molar-refractivity contribution in [1.82, 2.24) is 19.7 Å². The number of rotatable bonds is 2. The fraction of sp³-hybridized carbons (Fsp3) is 0.0833. The number of halogens is 2. The van der Waals surface area contributed by atoms with E-state index in [4.69, 9.17) is 23.2 Å². The van der Waals surface area contributed by atoms with E-state index in [1.165, 1.54) is 11.3 Å². The Labute approximate surface area is 123 Å². The van der Waals surface area contributed by atoms with Gasteiger partial charge >= 0.3 is 0 Å². The molecule has 7 heteroatoms. The monoisotopic (exact) mass is 310 g/mol. The van der Waals surface area contributed by atoms with E-state index in [2.05, 4.69) is 15.1 Å². The predicted molar refractivity (Wildman–Crippen MR) is 77.6 cm³/mol. The molecule has 19 heavy (non-hydrogen) atoms. The molecule has 3 heterocycles. The minimum Gasteiger partial charge on any atom is -0.275 e. The van der Waals surface area contributed by atoms with Crippen molar-refractivity contribution in [2.45, 2.75) is 0 Å². The highest BCUT2D eigenvalue weighted by molar-refractivity contribution is 7.14. The van der Waals surface area contributed by atoms with Crippen LogP contribution in [0.1, 0.15) is 0 Å². The summed E-state index contributed by atoms with van der Waals surface area (Å²) in [6.07, 6.45) is 3.62. The number of aromatic nitrogens is 4. The Morgan fingerprint density at radius 1 is 1.21 bits per heavy atom. The molecule has 0 spiro atoms. The van der Waals surface area contributed by atoms with Gasteiger partial charge in [-0.1, -0.05) is 23.2 Å². The van der Waals surface area contributed by atoms with E-state index in [0.717, 1.165) is 16.1 Å². The van der Waals surface area contributed by atoms with Crippen LogP contribution >= 0.6 is 34.5 Å². The van der Waals surface area contributed by atoms with Gasteiger partial charge in [-0.15, -0.1) is 11.3 Å². The Kier molecular flexibility index (Phi) is 3.26. The summed E-state index contributed by atoms with van der Waals surface area (Å²) in [7, 11) is 1.85. The molecule has 0 aliphatic heterocycles. The summed E-state index contributed by atoms with van der Waals surface area (Å²) in [5.41, 5.74) is 1.64. The lowest BCUT2D eigenvalue weighted by atomic mass is 10.2. The van der Waals surface area contributed by atoms with Gasteiger partial charge in [0.1, 0.15) is 5.15 Å². The zero-order valence-corrected chi connectivity index (χ0v) is 12.2. The maximum atomic E-state index is 6.06. The number of aryl methyl sites for hydroxylation is 1. The summed E-state index contributed by atoms with van der Waals surface area (Å²) in [6.45, 7) is 0. The zero-order chi connectivity index (χ0) is 13.4. The lowest BCUT2D eigenvalue weighted by Gasteiger charge is -2.01. The van der Waals surface area contributed by atoms with Gasteiger partial charge in [0, 0.05) is 30.3 Å². The van der Waals surface area contributed by atoms with Gasteiger partial charge in [-0.3, -0.25) is 4.68 Å². The van der Waals surface area contributed by atoms with Gasteiger partial charge in [0.25, 0.3) is 0 Å². The molecule has 4 nitrogen and oxygen atoms in total. The van der Waals surface area contributed by atoms with Crippen LogP contribution in [0.5, 0.6) is 0 Å². The fourth-order valence-electron chi connectivity index (χ4n) is 1.66. The number of hydrogen-bond acceptors (Lipinski definition) is 4. The molecule has 0 bridgehead atoms. The molecule has 3 aromatic rings. The second-order valence-electron chi connectivity index (χ2n) is 3.93. The predicted octanol–water partition coefficient (Wildman–Crippen LogP) is 3.91. The van der Waals surface area contributed by atoms with Gasteiger partial charge < -0.3 is 0 Å². The van der Waals surface area contributed by atoms with E-state index in [9.17, 15) is 0 Å². The van der Waals surface area contributed by atoms with Crippen LogP contribution in [0.2, 0.25) is 10.2 Å². The Morgan fingerprint density at radius 3 is 2.68 bits per heavy atom. The number of thiophene rings is 1. The highest BCUT2D eigenvalue weighted by atomic mass is 35.5. The maximum Gasteiger partial charge on any atom is 0.171 e. The first kappa shape index (κ1) is 12.6. The first-order chi connectivity index (χ1) is 9.11. The van der Waals surface area contributed by atoms with Crippen molar-refractivity contribution in [1.29, 1.82) is 0 Å². The molecule has 0 N–H and O–H groups in total. The highest BCUT2D eigenvalue weighted by Crippen LogP contribution is 2.29. The molecule has 3 rings (SSSR count). The summed E-state index contributed by atoms with van der Waals surface area (Å²) >= 11 is 13.5. The van der Waals surface area contributed by atoms with Crippen LogP contribution < -0.4 is 0 Å². The van der Waals surface area contributed by atoms with Crippen molar-refractivity contribution in [2.75, 3.05) is 0 Å². The van der Waals surface area contributed by atoms with E-state index in [1.807, 2.05) is 24.7 Å². The van der Waals surface area contributed by atoms with Crippen molar-refractivity contribution in [3.63, 3.8) is 0 Å². The zero-order valence-electron chi connectivity index (χ0n) is 9.84. The topological polar surface area (TPSA) is 43.6 Å². The van der Waals surface area contributed by atoms with Gasteiger partial charge in [-0.05, 0) is 6.07 Å². The molecular formula is C12H8Cl2N4S. The quantitative estimate of drug-likeness (QED) is 0.674. The summed E-state index contributed by atoms with van der Waals surface area (Å²) in [6, 6.07) is 3.54. The van der Waals surface area contributed by atoms with Crippen LogP contribution in [-0.2, 0) is 7.05 Å². The van der Waals surface area contributed by atoms with Crippen molar-refractivity contribution >= 4 is 34.5 Å². The third-order valence-corrected chi connectivity index (χ3v) is 3.95. The lowest BCUT2D eigenvalue weighted by Crippen LogP contribution is -1.91. The van der Waals surface area contributed by atoms with Gasteiger partial charge in [0.05, 0.1) is 21.8 Å². The van der Waals surface area contributed by atoms with Gasteiger partial charge in [-0.2, -0.15) is 5.10 Å². The Morgan fingerprint density at radius 2 is 2.05 bits per heavy atom. The summed E-state index contributed by atoms with van der Waals surface area (Å²) in [4.78, 5) is 9.62. The molecule has 0 aliphatic carbocycles. The molecular weight excluding hydrogens is 303 g/mol. The van der Waals surface area contributed by atoms with Gasteiger partial charge in [0.15, 0.2) is 5.82 Å². The van der Waals surface area contributed by atoms with Crippen molar-refractivity contribution in [3.05, 3.63) is 40.1 Å². The average Bonchev–Trinajstić information content (AvgIpc) is 2.97. The second kappa shape index (κ2) is 4.92. The van der Waals surface area contributed by atoms with Crippen LogP contribution in [0.15, 0.2) is 29.9 Å². The van der Waals surface area contributed by atoms with Crippen molar-refractivity contribution in [3.8, 4) is 22.0 Å². The van der Waals surface area contributed by atoms with Crippen molar-refractivity contribution < 1.29 is 0 Å². The largest absolute Gasteiger partial charge is 0.275 e. The van der Waals surface area contributed by atoms with E-state index in [-0.39, 0.29) is 0 Å². The molecule has 3 aromatic heterocycles. The summed E-state index contributed by atoms with van der Waals surface area (Å²) in [5.74, 6) is 0.572. The number of nitrogens with zero attached hydrogens (tertiary/aromatic N) is 4. The average molecular weight is 311 g/mol. The van der Waals surface area contributed by atoms with E-state index in [1.54, 1.807) is 16.9 Å². The van der Waals surface area contributed by atoms with Crippen LogP contribution in [0.4, 0.5) is 0 Å². The van der Waals surface area contributed by atoms with Crippen LogP contribution in [0.25, 0.3) is 22.0 Å². The molecule has 0 saturated carbocycles. The molecule has 0 unspecified atom stereocenters. The van der Waals surface area contributed by atoms with Crippen LogP contribution in [0.3, 0.4) is 0 Å². The highest BCUT2D eigenvalue weighted by Gasteiger charge is 2.10. The van der Waals surface area contributed by atoms with E-state index < -0.39 is 0 Å². The van der Waals surface area contributed by atoms with Crippen LogP contribution in [-0.4, -0.2) is 19.7 Å². The minimum absolute atomic E-state index is 0.397. The Balaban J connectivity index is 2.10. The standard InChI is InChI=1S/C12H8Cl2N4S/c1-18-5-7(4-15-18)9-3-11(14)17-12(16-9)10-2-8(13)6-19-10/h2-6H,1H3. The third kappa shape index (κ3) is 2.63. The molecule has 0 fully saturated rings. The smallest absolute Gasteiger partial charge is 0.171 e. The molecule has 0 atom stereocenters. The first-order valence-electron chi connectivity index (χ1n) is 5.40. The summed E-state index contributed by atoms with van der Waals surface area (Å²) in [5, 5.41) is 7.03. The van der Waals surface area contributed by atoms with E-state index >= 15 is 0 Å². The van der Waals surface area contributed by atoms with E-state index in [0.29, 0.717) is 16.0 Å². The fourth-order valence-corrected chi connectivity index (χ4v) is 2.85. The SMILES string of the molecule is Cn1cc(-c2cc(Cl)nc(-c3cc(Cl)cs3)n2)cn1. The minimum atomic E-state index is 0.397. The first-order valence-corrected chi connectivity index (χ1v) is 7.03. The van der Waals surface area contributed by atoms with Gasteiger partial charge in [-0.25, -0.2) is 9.97 Å². The number of hydrogen-bond donors (Lipinski definition) is 0. The Hall–Kier alpha value is -1.43. The van der Waals surface area contributed by atoms with Crippen molar-refractivity contribution in [2.24, 2.45) is 7.05 Å². The molecule has 96 valence electrons. The lowest BCUT2D eigenvalue weighted by molar-refractivity contribution is 0.768. The van der Waals surface area contributed by atoms with Gasteiger partial charge in [0.2, 0.25) is 0 Å². The van der Waals surface area contributed by atoms with Crippen LogP contribution in [0, 0.1) is 0 Å². The third-order valence-electron chi connectivity index (χ3n) is 2.48.